The van der Waals surface area contributed by atoms with Crippen molar-refractivity contribution in [3.63, 3.8) is 0 Å². The molecule has 0 bridgehead atoms. The van der Waals surface area contributed by atoms with E-state index in [0.29, 0.717) is 0 Å². The topological polar surface area (TPSA) is 21.2 Å². The monoisotopic (exact) mass is 350 g/mol. The van der Waals surface area contributed by atoms with Gasteiger partial charge in [0.15, 0.2) is 5.52 Å². The van der Waals surface area contributed by atoms with Gasteiger partial charge in [0, 0.05) is 10.8 Å². The molecule has 3 aromatic heterocycles. The maximum Gasteiger partial charge on any atom is 0.287 e. The average Bonchev–Trinajstić information content (AvgIpc) is 2.98. The molecule has 6 rings (SSSR count). The minimum absolute atomic E-state index is 1.07. The molecule has 130 valence electrons. The van der Waals surface area contributed by atoms with Crippen LogP contribution < -0.4 is 4.57 Å². The third-order valence-corrected chi connectivity index (χ3v) is 6.16. The quantitative estimate of drug-likeness (QED) is 0.211. The lowest BCUT2D eigenvalue weighted by Gasteiger charge is -2.14. The van der Waals surface area contributed by atoms with Gasteiger partial charge in [-0.05, 0) is 66.7 Å². The lowest BCUT2D eigenvalue weighted by molar-refractivity contribution is -0.646. The van der Waals surface area contributed by atoms with E-state index in [0.717, 1.165) is 5.52 Å². The Kier molecular flexibility index (Phi) is 2.62. The largest absolute Gasteiger partial charge is 0.308 e. The van der Waals surface area contributed by atoms with E-state index in [1.807, 2.05) is 6.33 Å². The van der Waals surface area contributed by atoms with E-state index >= 15 is 0 Å². The fourth-order valence-electron chi connectivity index (χ4n) is 4.85. The van der Waals surface area contributed by atoms with Crippen molar-refractivity contribution in [3.05, 3.63) is 65.5 Å². The number of hydrogen-bond donors (Lipinski definition) is 0. The average molecular weight is 350 g/mol. The van der Waals surface area contributed by atoms with Gasteiger partial charge in [-0.15, -0.1) is 0 Å². The lowest BCUT2D eigenvalue weighted by Crippen LogP contribution is -2.30. The summed E-state index contributed by atoms with van der Waals surface area (Å²) in [5, 5.41) is 5.23. The minimum Gasteiger partial charge on any atom is -0.308 e. The van der Waals surface area contributed by atoms with E-state index in [9.17, 15) is 0 Å². The van der Waals surface area contributed by atoms with Crippen LogP contribution in [0.15, 0.2) is 48.8 Å². The summed E-state index contributed by atoms with van der Waals surface area (Å²) >= 11 is 0. The molecule has 0 aliphatic carbocycles. The van der Waals surface area contributed by atoms with Gasteiger partial charge >= 0.3 is 0 Å². The number of nitrogens with zero attached hydrogens (tertiary/aromatic N) is 3. The first-order chi connectivity index (χ1) is 13.1. The van der Waals surface area contributed by atoms with Gasteiger partial charge in [0.2, 0.25) is 0 Å². The predicted molar refractivity (Wildman–Crippen MR) is 112 cm³/mol. The molecule has 0 spiro atoms. The van der Waals surface area contributed by atoms with Crippen molar-refractivity contribution in [3.8, 4) is 0 Å². The van der Waals surface area contributed by atoms with E-state index in [-0.39, 0.29) is 0 Å². The van der Waals surface area contributed by atoms with Gasteiger partial charge in [0.25, 0.3) is 6.33 Å². The van der Waals surface area contributed by atoms with Gasteiger partial charge in [-0.3, -0.25) is 0 Å². The highest BCUT2D eigenvalue weighted by Crippen LogP contribution is 2.41. The molecule has 0 unspecified atom stereocenters. The molecule has 0 saturated heterocycles. The Morgan fingerprint density at radius 2 is 1.70 bits per heavy atom. The maximum absolute atomic E-state index is 4.75. The van der Waals surface area contributed by atoms with Crippen molar-refractivity contribution >= 4 is 49.1 Å². The number of aromatic nitrogens is 3. The fraction of sp³-hybridized carbons (Fsp3) is 0.167. The van der Waals surface area contributed by atoms with Gasteiger partial charge < -0.3 is 4.40 Å². The normalized spacial score (nSPS) is 12.4. The number of hydrogen-bond acceptors (Lipinski definition) is 1. The highest BCUT2D eigenvalue weighted by atomic mass is 15.0. The Labute approximate surface area is 156 Å². The van der Waals surface area contributed by atoms with Crippen LogP contribution in [0.2, 0.25) is 0 Å². The zero-order valence-corrected chi connectivity index (χ0v) is 16.0. The molecule has 3 heterocycles. The number of pyridine rings is 1. The maximum atomic E-state index is 4.75. The first-order valence-electron chi connectivity index (χ1n) is 9.39. The molecule has 0 aliphatic heterocycles. The second kappa shape index (κ2) is 4.74. The molecule has 3 aromatic carbocycles. The Morgan fingerprint density at radius 1 is 0.889 bits per heavy atom. The second-order valence-corrected chi connectivity index (χ2v) is 7.82. The van der Waals surface area contributed by atoms with E-state index in [2.05, 4.69) is 79.3 Å². The number of rotatable bonds is 0. The van der Waals surface area contributed by atoms with Crippen LogP contribution in [0.5, 0.6) is 0 Å². The summed E-state index contributed by atoms with van der Waals surface area (Å²) in [5.41, 5.74) is 10.1. The highest BCUT2D eigenvalue weighted by Gasteiger charge is 2.24. The fourth-order valence-corrected chi connectivity index (χ4v) is 4.85. The van der Waals surface area contributed by atoms with Crippen LogP contribution in [-0.4, -0.2) is 9.38 Å². The van der Waals surface area contributed by atoms with Crippen molar-refractivity contribution in [2.75, 3.05) is 0 Å². The lowest BCUT2D eigenvalue weighted by atomic mass is 9.97. The van der Waals surface area contributed by atoms with Crippen LogP contribution >= 0.6 is 0 Å². The van der Waals surface area contributed by atoms with Crippen LogP contribution in [0.4, 0.5) is 0 Å². The molecule has 0 fully saturated rings. The Hall–Kier alpha value is -3.20. The summed E-state index contributed by atoms with van der Waals surface area (Å²) in [4.78, 5) is 4.75. The molecule has 0 saturated carbocycles. The van der Waals surface area contributed by atoms with Crippen molar-refractivity contribution < 1.29 is 4.57 Å². The van der Waals surface area contributed by atoms with Crippen LogP contribution in [0.3, 0.4) is 0 Å². The van der Waals surface area contributed by atoms with Gasteiger partial charge in [0.05, 0.1) is 34.4 Å². The third-order valence-electron chi connectivity index (χ3n) is 6.16. The van der Waals surface area contributed by atoms with Crippen molar-refractivity contribution in [2.24, 2.45) is 7.05 Å². The summed E-state index contributed by atoms with van der Waals surface area (Å²) in [7, 11) is 2.11. The zero-order valence-electron chi connectivity index (χ0n) is 16.0. The molecular weight excluding hydrogens is 330 g/mol. The summed E-state index contributed by atoms with van der Waals surface area (Å²) in [6.07, 6.45) is 1.95. The molecule has 27 heavy (non-hydrogen) atoms. The first kappa shape index (κ1) is 14.9. The second-order valence-electron chi connectivity index (χ2n) is 7.82. The van der Waals surface area contributed by atoms with E-state index < -0.39 is 0 Å². The van der Waals surface area contributed by atoms with E-state index in [1.165, 1.54) is 60.3 Å². The van der Waals surface area contributed by atoms with Crippen molar-refractivity contribution in [2.45, 2.75) is 20.8 Å². The molecule has 0 aliphatic rings. The number of benzene rings is 3. The summed E-state index contributed by atoms with van der Waals surface area (Å²) in [5.74, 6) is 0. The highest BCUT2D eigenvalue weighted by molar-refractivity contribution is 6.25. The Bertz CT molecular complexity index is 1550. The minimum atomic E-state index is 1.07. The van der Waals surface area contributed by atoms with Gasteiger partial charge in [0.1, 0.15) is 5.52 Å². The first-order valence-corrected chi connectivity index (χ1v) is 9.39. The summed E-state index contributed by atoms with van der Waals surface area (Å²) in [6.45, 7) is 6.63. The molecule has 6 aromatic rings. The van der Waals surface area contributed by atoms with E-state index in [1.54, 1.807) is 0 Å². The molecule has 3 heteroatoms. The van der Waals surface area contributed by atoms with Gasteiger partial charge in [-0.25, -0.2) is 4.57 Å². The molecule has 0 atom stereocenters. The van der Waals surface area contributed by atoms with Crippen molar-refractivity contribution in [1.82, 2.24) is 9.38 Å². The Morgan fingerprint density at radius 3 is 2.56 bits per heavy atom. The van der Waals surface area contributed by atoms with Crippen molar-refractivity contribution in [1.29, 1.82) is 0 Å². The number of para-hydroxylation sites is 1. The summed E-state index contributed by atoms with van der Waals surface area (Å²) in [6, 6.07) is 15.6. The Balaban J connectivity index is 2.17. The van der Waals surface area contributed by atoms with Gasteiger partial charge in [-0.2, -0.15) is 0 Å². The molecule has 0 amide bonds. The van der Waals surface area contributed by atoms with Gasteiger partial charge in [-0.1, -0.05) is 18.2 Å². The molecular formula is C24H20N3+. The van der Waals surface area contributed by atoms with Crippen LogP contribution in [0.25, 0.3) is 49.1 Å². The standard InChI is InChI=1S/C24H20N3/c1-13-9-18-22-20(10-13)27-19-8-6-5-7-16(19)17-11-14(2)15(3)21(23(17)27)24(22)26(4)12-25-18/h5-12H,1-4H3/q+1. The summed E-state index contributed by atoms with van der Waals surface area (Å²) < 4.78 is 4.64. The van der Waals surface area contributed by atoms with Crippen LogP contribution in [-0.2, 0) is 7.05 Å². The van der Waals surface area contributed by atoms with E-state index in [4.69, 9.17) is 4.98 Å². The molecule has 0 N–H and O–H groups in total. The number of aryl methyl sites for hydroxylation is 4. The molecule has 0 radical (unpaired) electrons. The third kappa shape index (κ3) is 1.67. The smallest absolute Gasteiger partial charge is 0.287 e. The zero-order chi connectivity index (χ0) is 18.4. The SMILES string of the molecule is Cc1cc2nc[n+](C)c3c4c(C)c(C)cc5c6ccccc6n(c(c1)c23)c54. The van der Waals surface area contributed by atoms with Crippen LogP contribution in [0.1, 0.15) is 16.7 Å². The predicted octanol–water partition coefficient (Wildman–Crippen LogP) is 5.13. The van der Waals surface area contributed by atoms with Crippen LogP contribution in [0, 0.1) is 20.8 Å². The number of fused-ring (bicyclic) bond motifs is 5. The molecule has 3 nitrogen and oxygen atoms in total.